The van der Waals surface area contributed by atoms with Crippen molar-refractivity contribution in [3.8, 4) is 0 Å². The van der Waals surface area contributed by atoms with Gasteiger partial charge in [0.15, 0.2) is 0 Å². The number of amides is 1. The predicted molar refractivity (Wildman–Crippen MR) is 82.8 cm³/mol. The van der Waals surface area contributed by atoms with Crippen LogP contribution in [0.2, 0.25) is 0 Å². The first-order chi connectivity index (χ1) is 9.74. The summed E-state index contributed by atoms with van der Waals surface area (Å²) in [5.41, 5.74) is 0.937. The number of aromatic nitrogens is 2. The Morgan fingerprint density at radius 3 is 3.00 bits per heavy atom. The zero-order valence-corrected chi connectivity index (χ0v) is 13.0. The fourth-order valence-electron chi connectivity index (χ4n) is 2.16. The molecule has 0 radical (unpaired) electrons. The van der Waals surface area contributed by atoms with Crippen LogP contribution in [0.25, 0.3) is 0 Å². The normalized spacial score (nSPS) is 18.6. The lowest BCUT2D eigenvalue weighted by Gasteiger charge is -2.16. The van der Waals surface area contributed by atoms with Crippen molar-refractivity contribution in [2.45, 2.75) is 16.7 Å². The van der Waals surface area contributed by atoms with E-state index in [4.69, 9.17) is 0 Å². The Morgan fingerprint density at radius 2 is 2.25 bits per heavy atom. The molecule has 0 aliphatic carbocycles. The van der Waals surface area contributed by atoms with Gasteiger partial charge in [-0.3, -0.25) is 9.78 Å². The zero-order valence-electron chi connectivity index (χ0n) is 10.6. The molecule has 0 bridgehead atoms. The lowest BCUT2D eigenvalue weighted by atomic mass is 10.3. The number of nitrogens with zero attached hydrogens (tertiary/aromatic N) is 3. The first-order valence-corrected chi connectivity index (χ1v) is 7.91. The minimum atomic E-state index is -0.0781. The Hall–Kier alpha value is -1.40. The van der Waals surface area contributed by atoms with Crippen molar-refractivity contribution in [2.24, 2.45) is 0 Å². The molecule has 1 aliphatic rings. The van der Waals surface area contributed by atoms with Crippen molar-refractivity contribution in [2.75, 3.05) is 11.4 Å². The highest BCUT2D eigenvalue weighted by molar-refractivity contribution is 9.10. The molecule has 3 rings (SSSR count). The van der Waals surface area contributed by atoms with E-state index < -0.39 is 0 Å². The van der Waals surface area contributed by atoms with Gasteiger partial charge in [0, 0.05) is 29.1 Å². The zero-order chi connectivity index (χ0) is 13.9. The first kappa shape index (κ1) is 13.6. The van der Waals surface area contributed by atoms with Gasteiger partial charge in [-0.25, -0.2) is 4.98 Å². The molecule has 1 fully saturated rings. The first-order valence-electron chi connectivity index (χ1n) is 6.23. The second kappa shape index (κ2) is 5.93. The summed E-state index contributed by atoms with van der Waals surface area (Å²) in [7, 11) is 0. The van der Waals surface area contributed by atoms with Crippen LogP contribution in [0.15, 0.2) is 52.4 Å². The van der Waals surface area contributed by atoms with Crippen molar-refractivity contribution >= 4 is 39.3 Å². The largest absolute Gasteiger partial charge is 0.311 e. The van der Waals surface area contributed by atoms with Crippen molar-refractivity contribution in [3.05, 3.63) is 47.3 Å². The van der Waals surface area contributed by atoms with Gasteiger partial charge in [-0.2, -0.15) is 0 Å². The van der Waals surface area contributed by atoms with Gasteiger partial charge in [0.1, 0.15) is 5.03 Å². The molecular weight excluding hydrogens is 338 g/mol. The van der Waals surface area contributed by atoms with Gasteiger partial charge in [0.2, 0.25) is 5.91 Å². The van der Waals surface area contributed by atoms with Gasteiger partial charge < -0.3 is 4.90 Å². The van der Waals surface area contributed by atoms with Crippen molar-refractivity contribution in [1.29, 1.82) is 0 Å². The molecule has 0 spiro atoms. The van der Waals surface area contributed by atoms with E-state index in [2.05, 4.69) is 25.9 Å². The van der Waals surface area contributed by atoms with Gasteiger partial charge in [0.25, 0.3) is 0 Å². The molecule has 1 aliphatic heterocycles. The molecule has 6 heteroatoms. The second-order valence-corrected chi connectivity index (χ2v) is 6.55. The van der Waals surface area contributed by atoms with Gasteiger partial charge in [-0.05, 0) is 24.6 Å². The van der Waals surface area contributed by atoms with Crippen LogP contribution in [0.4, 0.5) is 5.69 Å². The summed E-state index contributed by atoms with van der Waals surface area (Å²) in [5.74, 6) is 0.138. The minimum Gasteiger partial charge on any atom is -0.311 e. The van der Waals surface area contributed by atoms with Crippen LogP contribution < -0.4 is 4.90 Å². The highest BCUT2D eigenvalue weighted by Crippen LogP contribution is 2.32. The number of hydrogen-bond acceptors (Lipinski definition) is 4. The number of anilines is 1. The van der Waals surface area contributed by atoms with E-state index in [9.17, 15) is 4.79 Å². The highest BCUT2D eigenvalue weighted by atomic mass is 79.9. The molecule has 2 aromatic rings. The summed E-state index contributed by atoms with van der Waals surface area (Å²) < 4.78 is 0.979. The molecule has 4 nitrogen and oxygen atoms in total. The molecule has 1 saturated heterocycles. The van der Waals surface area contributed by atoms with Crippen LogP contribution in [0, 0.1) is 0 Å². The average molecular weight is 350 g/mol. The molecule has 1 atom stereocenters. The van der Waals surface area contributed by atoms with Crippen LogP contribution >= 0.6 is 27.7 Å². The van der Waals surface area contributed by atoms with Gasteiger partial charge in [0.05, 0.1) is 11.4 Å². The molecule has 2 heterocycles. The third-order valence-corrected chi connectivity index (χ3v) is 4.75. The van der Waals surface area contributed by atoms with Crippen molar-refractivity contribution in [1.82, 2.24) is 9.97 Å². The number of carbonyl (C=O) groups excluding carboxylic acids is 1. The summed E-state index contributed by atoms with van der Waals surface area (Å²) in [6, 6.07) is 7.82. The SMILES string of the molecule is O=C1C(Sc2cnccn2)CCN1c1cccc(Br)c1. The van der Waals surface area contributed by atoms with Gasteiger partial charge in [-0.15, -0.1) is 0 Å². The quantitative estimate of drug-likeness (QED) is 0.853. The lowest BCUT2D eigenvalue weighted by Crippen LogP contribution is -2.27. The van der Waals surface area contributed by atoms with Crippen molar-refractivity contribution < 1.29 is 4.79 Å². The number of rotatable bonds is 3. The fourth-order valence-corrected chi connectivity index (χ4v) is 3.53. The summed E-state index contributed by atoms with van der Waals surface area (Å²) in [6.07, 6.45) is 5.80. The van der Waals surface area contributed by atoms with E-state index >= 15 is 0 Å². The van der Waals surface area contributed by atoms with E-state index in [0.29, 0.717) is 0 Å². The Labute approximate surface area is 129 Å². The average Bonchev–Trinajstić information content (AvgIpc) is 2.81. The summed E-state index contributed by atoms with van der Waals surface area (Å²) in [4.78, 5) is 22.5. The number of halogens is 1. The molecule has 1 aromatic heterocycles. The Bertz CT molecular complexity index is 623. The maximum absolute atomic E-state index is 12.5. The Morgan fingerprint density at radius 1 is 1.35 bits per heavy atom. The highest BCUT2D eigenvalue weighted by Gasteiger charge is 2.33. The standard InChI is InChI=1S/C14H12BrN3OS/c15-10-2-1-3-11(8-10)18-7-4-12(14(18)19)20-13-9-16-5-6-17-13/h1-3,5-6,8-9,12H,4,7H2. The Kier molecular flexibility index (Phi) is 4.03. The number of thioether (sulfide) groups is 1. The van der Waals surface area contributed by atoms with E-state index in [0.717, 1.165) is 28.2 Å². The van der Waals surface area contributed by atoms with Crippen LogP contribution in [-0.2, 0) is 4.79 Å². The predicted octanol–water partition coefficient (Wildman–Crippen LogP) is 3.14. The van der Waals surface area contributed by atoms with E-state index in [1.54, 1.807) is 18.6 Å². The van der Waals surface area contributed by atoms with E-state index in [-0.39, 0.29) is 11.2 Å². The molecule has 1 aromatic carbocycles. The van der Waals surface area contributed by atoms with Crippen LogP contribution in [-0.4, -0.2) is 27.7 Å². The van der Waals surface area contributed by atoms with Crippen LogP contribution in [0.1, 0.15) is 6.42 Å². The maximum Gasteiger partial charge on any atom is 0.240 e. The summed E-state index contributed by atoms with van der Waals surface area (Å²) in [5, 5.41) is 0.715. The second-order valence-electron chi connectivity index (χ2n) is 4.41. The molecule has 1 unspecified atom stereocenters. The summed E-state index contributed by atoms with van der Waals surface area (Å²) >= 11 is 4.92. The molecule has 102 valence electrons. The number of carbonyl (C=O) groups is 1. The smallest absolute Gasteiger partial charge is 0.240 e. The third-order valence-electron chi connectivity index (χ3n) is 3.08. The number of benzene rings is 1. The summed E-state index contributed by atoms with van der Waals surface area (Å²) in [6.45, 7) is 0.743. The van der Waals surface area contributed by atoms with Gasteiger partial charge in [-0.1, -0.05) is 33.8 Å². The molecule has 0 N–H and O–H groups in total. The molecule has 0 saturated carbocycles. The topological polar surface area (TPSA) is 46.1 Å². The maximum atomic E-state index is 12.5. The fraction of sp³-hybridized carbons (Fsp3) is 0.214. The van der Waals surface area contributed by atoms with Crippen molar-refractivity contribution in [3.63, 3.8) is 0 Å². The van der Waals surface area contributed by atoms with E-state index in [1.165, 1.54) is 11.8 Å². The third kappa shape index (κ3) is 2.86. The molecular formula is C14H12BrN3OS. The van der Waals surface area contributed by atoms with E-state index in [1.807, 2.05) is 29.2 Å². The number of hydrogen-bond donors (Lipinski definition) is 0. The molecule has 20 heavy (non-hydrogen) atoms. The van der Waals surface area contributed by atoms with Crippen LogP contribution in [0.5, 0.6) is 0 Å². The minimum absolute atomic E-state index is 0.0781. The Balaban J connectivity index is 1.74. The lowest BCUT2D eigenvalue weighted by molar-refractivity contribution is -0.116. The molecule has 1 amide bonds. The van der Waals surface area contributed by atoms with Gasteiger partial charge >= 0.3 is 0 Å². The monoisotopic (exact) mass is 349 g/mol. The van der Waals surface area contributed by atoms with Crippen LogP contribution in [0.3, 0.4) is 0 Å².